The fourth-order valence-corrected chi connectivity index (χ4v) is 1.64. The first-order valence-electron chi connectivity index (χ1n) is 4.72. The third kappa shape index (κ3) is 2.85. The van der Waals surface area contributed by atoms with E-state index in [0.29, 0.717) is 11.3 Å². The lowest BCUT2D eigenvalue weighted by Gasteiger charge is -2.04. The number of carbonyl (C=O) groups is 1. The Morgan fingerprint density at radius 2 is 2.35 bits per heavy atom. The van der Waals surface area contributed by atoms with Crippen LogP contribution in [0.3, 0.4) is 0 Å². The average molecular weight is 298 g/mol. The van der Waals surface area contributed by atoms with Crippen LogP contribution >= 0.6 is 15.9 Å². The van der Waals surface area contributed by atoms with E-state index in [4.69, 9.17) is 9.84 Å². The Morgan fingerprint density at radius 1 is 1.53 bits per heavy atom. The standard InChI is InChI=1S/C11H8BrNO4/c12-8-2-1-3-9(4-8)16-6-7-5-13-17-10(7)11(14)15/h1-5H,6H2,(H,14,15). The minimum absolute atomic E-state index is 0.0988. The van der Waals surface area contributed by atoms with E-state index in [0.717, 1.165) is 4.47 Å². The van der Waals surface area contributed by atoms with Crippen LogP contribution in [0.25, 0.3) is 0 Å². The molecule has 2 rings (SSSR count). The molecule has 0 saturated heterocycles. The van der Waals surface area contributed by atoms with Crippen molar-refractivity contribution >= 4 is 21.9 Å². The lowest BCUT2D eigenvalue weighted by atomic mass is 10.3. The molecule has 0 aliphatic heterocycles. The van der Waals surface area contributed by atoms with E-state index in [1.54, 1.807) is 12.1 Å². The summed E-state index contributed by atoms with van der Waals surface area (Å²) in [7, 11) is 0. The summed E-state index contributed by atoms with van der Waals surface area (Å²) in [6.07, 6.45) is 1.33. The van der Waals surface area contributed by atoms with Crippen molar-refractivity contribution in [1.82, 2.24) is 5.16 Å². The van der Waals surface area contributed by atoms with Gasteiger partial charge in [0.15, 0.2) is 0 Å². The van der Waals surface area contributed by atoms with Gasteiger partial charge < -0.3 is 14.4 Å². The molecule has 17 heavy (non-hydrogen) atoms. The smallest absolute Gasteiger partial charge is 0.375 e. The fourth-order valence-electron chi connectivity index (χ4n) is 1.26. The number of aromatic carboxylic acids is 1. The molecule has 1 heterocycles. The molecule has 0 saturated carbocycles. The van der Waals surface area contributed by atoms with Crippen LogP contribution in [0, 0.1) is 0 Å². The number of hydrogen-bond donors (Lipinski definition) is 1. The van der Waals surface area contributed by atoms with E-state index < -0.39 is 5.97 Å². The average Bonchev–Trinajstić information content (AvgIpc) is 2.74. The number of ether oxygens (including phenoxy) is 1. The molecule has 1 aromatic carbocycles. The second-order valence-electron chi connectivity index (χ2n) is 3.23. The van der Waals surface area contributed by atoms with Crippen LogP contribution in [0.5, 0.6) is 5.75 Å². The van der Waals surface area contributed by atoms with Gasteiger partial charge in [0.05, 0.1) is 11.8 Å². The zero-order chi connectivity index (χ0) is 12.3. The summed E-state index contributed by atoms with van der Waals surface area (Å²) >= 11 is 3.31. The van der Waals surface area contributed by atoms with Gasteiger partial charge in [0.1, 0.15) is 12.4 Å². The van der Waals surface area contributed by atoms with E-state index in [9.17, 15) is 4.79 Å². The number of carboxylic acid groups (broad SMARTS) is 1. The maximum Gasteiger partial charge on any atom is 0.375 e. The summed E-state index contributed by atoms with van der Waals surface area (Å²) < 4.78 is 10.9. The van der Waals surface area contributed by atoms with Gasteiger partial charge in [0.25, 0.3) is 5.76 Å². The monoisotopic (exact) mass is 297 g/mol. The van der Waals surface area contributed by atoms with Crippen molar-refractivity contribution in [1.29, 1.82) is 0 Å². The highest BCUT2D eigenvalue weighted by Gasteiger charge is 2.15. The van der Waals surface area contributed by atoms with Crippen LogP contribution in [0.1, 0.15) is 16.1 Å². The highest BCUT2D eigenvalue weighted by molar-refractivity contribution is 9.10. The van der Waals surface area contributed by atoms with Gasteiger partial charge in [0, 0.05) is 4.47 Å². The molecule has 0 bridgehead atoms. The molecule has 0 fully saturated rings. The molecule has 88 valence electrons. The lowest BCUT2D eigenvalue weighted by molar-refractivity contribution is 0.0648. The first-order valence-corrected chi connectivity index (χ1v) is 5.51. The van der Waals surface area contributed by atoms with E-state index in [2.05, 4.69) is 25.6 Å². The molecule has 2 aromatic rings. The molecule has 0 aliphatic rings. The van der Waals surface area contributed by atoms with Crippen LogP contribution in [-0.4, -0.2) is 16.2 Å². The Bertz CT molecular complexity index is 538. The molecule has 5 nitrogen and oxygen atoms in total. The molecule has 0 amide bonds. The Hall–Kier alpha value is -1.82. The molecule has 0 radical (unpaired) electrons. The van der Waals surface area contributed by atoms with Crippen LogP contribution in [0.2, 0.25) is 0 Å². The SMILES string of the molecule is O=C(O)c1oncc1COc1cccc(Br)c1. The summed E-state index contributed by atoms with van der Waals surface area (Å²) in [5, 5.41) is 12.2. The second-order valence-corrected chi connectivity index (χ2v) is 4.15. The summed E-state index contributed by atoms with van der Waals surface area (Å²) in [6, 6.07) is 7.26. The second kappa shape index (κ2) is 5.01. The Balaban J connectivity index is 2.07. The van der Waals surface area contributed by atoms with Gasteiger partial charge in [-0.2, -0.15) is 0 Å². The van der Waals surface area contributed by atoms with Crippen molar-refractivity contribution in [3.8, 4) is 5.75 Å². The Labute approximate surface area is 105 Å². The topological polar surface area (TPSA) is 72.6 Å². The van der Waals surface area contributed by atoms with Gasteiger partial charge >= 0.3 is 5.97 Å². The molecule has 6 heteroatoms. The van der Waals surface area contributed by atoms with Gasteiger partial charge in [-0.3, -0.25) is 0 Å². The largest absolute Gasteiger partial charge is 0.489 e. The van der Waals surface area contributed by atoms with Gasteiger partial charge in [-0.1, -0.05) is 27.2 Å². The molecule has 1 N–H and O–H groups in total. The number of halogens is 1. The zero-order valence-electron chi connectivity index (χ0n) is 8.59. The lowest BCUT2D eigenvalue weighted by Crippen LogP contribution is -2.02. The molecule has 1 aromatic heterocycles. The molecule has 0 unspecified atom stereocenters. The minimum Gasteiger partial charge on any atom is -0.489 e. The summed E-state index contributed by atoms with van der Waals surface area (Å²) in [6.45, 7) is 0.0988. The van der Waals surface area contributed by atoms with Crippen molar-refractivity contribution in [3.05, 3.63) is 46.3 Å². The van der Waals surface area contributed by atoms with E-state index in [1.807, 2.05) is 12.1 Å². The number of rotatable bonds is 4. The molecule has 0 atom stereocenters. The molecular weight excluding hydrogens is 290 g/mol. The molecule has 0 spiro atoms. The maximum atomic E-state index is 10.8. The highest BCUT2D eigenvalue weighted by Crippen LogP contribution is 2.19. The first kappa shape index (κ1) is 11.7. The number of hydrogen-bond acceptors (Lipinski definition) is 4. The Morgan fingerprint density at radius 3 is 3.06 bits per heavy atom. The Kier molecular flexibility index (Phi) is 3.43. The quantitative estimate of drug-likeness (QED) is 0.939. The summed E-state index contributed by atoms with van der Waals surface area (Å²) in [4.78, 5) is 10.8. The van der Waals surface area contributed by atoms with Crippen LogP contribution in [0.4, 0.5) is 0 Å². The van der Waals surface area contributed by atoms with E-state index in [-0.39, 0.29) is 12.4 Å². The first-order chi connectivity index (χ1) is 8.16. The van der Waals surface area contributed by atoms with Crippen LogP contribution in [-0.2, 0) is 6.61 Å². The van der Waals surface area contributed by atoms with Crippen molar-refractivity contribution in [2.24, 2.45) is 0 Å². The number of nitrogens with zero attached hydrogens (tertiary/aromatic N) is 1. The number of benzene rings is 1. The van der Waals surface area contributed by atoms with Crippen molar-refractivity contribution in [2.45, 2.75) is 6.61 Å². The summed E-state index contributed by atoms with van der Waals surface area (Å²) in [5.74, 6) is -0.716. The predicted octanol–water partition coefficient (Wildman–Crippen LogP) is 2.71. The van der Waals surface area contributed by atoms with Crippen molar-refractivity contribution in [2.75, 3.05) is 0 Å². The van der Waals surface area contributed by atoms with Gasteiger partial charge in [-0.05, 0) is 18.2 Å². The summed E-state index contributed by atoms with van der Waals surface area (Å²) in [5.41, 5.74) is 0.400. The maximum absolute atomic E-state index is 10.8. The fraction of sp³-hybridized carbons (Fsp3) is 0.0909. The van der Waals surface area contributed by atoms with Crippen LogP contribution < -0.4 is 4.74 Å². The minimum atomic E-state index is -1.16. The van der Waals surface area contributed by atoms with E-state index in [1.165, 1.54) is 6.20 Å². The van der Waals surface area contributed by atoms with Gasteiger partial charge in [-0.15, -0.1) is 0 Å². The van der Waals surface area contributed by atoms with Crippen molar-refractivity contribution in [3.63, 3.8) is 0 Å². The zero-order valence-corrected chi connectivity index (χ0v) is 10.2. The van der Waals surface area contributed by atoms with Crippen LogP contribution in [0.15, 0.2) is 39.5 Å². The van der Waals surface area contributed by atoms with Gasteiger partial charge in [-0.25, -0.2) is 4.79 Å². The normalized spacial score (nSPS) is 10.2. The third-order valence-corrected chi connectivity index (χ3v) is 2.52. The molecular formula is C11H8BrNO4. The van der Waals surface area contributed by atoms with E-state index >= 15 is 0 Å². The molecule has 0 aliphatic carbocycles. The third-order valence-electron chi connectivity index (χ3n) is 2.03. The van der Waals surface area contributed by atoms with Crippen molar-refractivity contribution < 1.29 is 19.2 Å². The van der Waals surface area contributed by atoms with Gasteiger partial charge in [0.2, 0.25) is 0 Å². The number of aromatic nitrogens is 1. The highest BCUT2D eigenvalue weighted by atomic mass is 79.9. The predicted molar refractivity (Wildman–Crippen MR) is 61.9 cm³/mol. The number of carboxylic acids is 1.